The van der Waals surface area contributed by atoms with Gasteiger partial charge in [0.1, 0.15) is 5.75 Å². The van der Waals surface area contributed by atoms with Crippen LogP contribution in [0.15, 0.2) is 24.3 Å². The molecule has 0 amide bonds. The molecule has 1 atom stereocenters. The van der Waals surface area contributed by atoms with Crippen molar-refractivity contribution in [3.05, 3.63) is 29.8 Å². The first kappa shape index (κ1) is 11.1. The number of hydrogen-bond acceptors (Lipinski definition) is 1. The van der Waals surface area contributed by atoms with Gasteiger partial charge in [-0.25, -0.2) is 0 Å². The van der Waals surface area contributed by atoms with Gasteiger partial charge in [-0.15, -0.1) is 0 Å². The molecular weight excluding hydrogens is 172 g/mol. The van der Waals surface area contributed by atoms with E-state index in [1.54, 1.807) is 7.11 Å². The fourth-order valence-electron chi connectivity index (χ4n) is 1.94. The molecule has 0 aliphatic carbocycles. The third-order valence-electron chi connectivity index (χ3n) is 2.79. The van der Waals surface area contributed by atoms with Crippen LogP contribution in [0.5, 0.6) is 5.75 Å². The van der Waals surface area contributed by atoms with Crippen LogP contribution in [0.3, 0.4) is 0 Å². The van der Waals surface area contributed by atoms with E-state index in [9.17, 15) is 0 Å². The molecule has 14 heavy (non-hydrogen) atoms. The highest BCUT2D eigenvalue weighted by Gasteiger charge is 2.12. The molecule has 0 radical (unpaired) electrons. The predicted molar refractivity (Wildman–Crippen MR) is 60.9 cm³/mol. The highest BCUT2D eigenvalue weighted by atomic mass is 16.5. The topological polar surface area (TPSA) is 9.23 Å². The third kappa shape index (κ3) is 2.50. The first-order valence-corrected chi connectivity index (χ1v) is 5.33. The Morgan fingerprint density at radius 1 is 1.14 bits per heavy atom. The van der Waals surface area contributed by atoms with Gasteiger partial charge in [0.2, 0.25) is 0 Å². The molecule has 0 spiro atoms. The van der Waals surface area contributed by atoms with Crippen molar-refractivity contribution in [3.63, 3.8) is 0 Å². The molecular formula is C13H20O. The maximum atomic E-state index is 5.14. The highest BCUT2D eigenvalue weighted by Crippen LogP contribution is 2.28. The van der Waals surface area contributed by atoms with Crippen LogP contribution in [0.1, 0.15) is 38.7 Å². The smallest absolute Gasteiger partial charge is 0.118 e. The van der Waals surface area contributed by atoms with E-state index in [2.05, 4.69) is 32.9 Å². The van der Waals surface area contributed by atoms with E-state index in [0.717, 1.165) is 5.75 Å². The molecule has 1 heteroatoms. The maximum Gasteiger partial charge on any atom is 0.118 e. The third-order valence-corrected chi connectivity index (χ3v) is 2.79. The van der Waals surface area contributed by atoms with E-state index in [-0.39, 0.29) is 0 Å². The number of ether oxygens (including phenoxy) is 1. The molecule has 0 aliphatic heterocycles. The molecule has 0 N–H and O–H groups in total. The summed E-state index contributed by atoms with van der Waals surface area (Å²) in [6.45, 7) is 6.80. The highest BCUT2D eigenvalue weighted by molar-refractivity contribution is 5.29. The van der Waals surface area contributed by atoms with Crippen molar-refractivity contribution in [2.75, 3.05) is 7.11 Å². The Kier molecular flexibility index (Phi) is 3.99. The SMILES string of the molecule is CC[C@@H](c1ccc(OC)cc1)C(C)C. The van der Waals surface area contributed by atoms with E-state index < -0.39 is 0 Å². The Bertz CT molecular complexity index is 261. The Morgan fingerprint density at radius 2 is 1.71 bits per heavy atom. The summed E-state index contributed by atoms with van der Waals surface area (Å²) in [7, 11) is 1.70. The monoisotopic (exact) mass is 192 g/mol. The molecule has 0 fully saturated rings. The van der Waals surface area contributed by atoms with Crippen molar-refractivity contribution in [1.29, 1.82) is 0 Å². The minimum absolute atomic E-state index is 0.668. The van der Waals surface area contributed by atoms with Crippen LogP contribution in [0.25, 0.3) is 0 Å². The summed E-state index contributed by atoms with van der Waals surface area (Å²) in [4.78, 5) is 0. The van der Waals surface area contributed by atoms with Crippen molar-refractivity contribution in [1.82, 2.24) is 0 Å². The normalized spacial score (nSPS) is 12.9. The largest absolute Gasteiger partial charge is 0.497 e. The molecule has 1 aromatic carbocycles. The van der Waals surface area contributed by atoms with Crippen molar-refractivity contribution in [3.8, 4) is 5.75 Å². The average molecular weight is 192 g/mol. The Balaban J connectivity index is 2.84. The lowest BCUT2D eigenvalue weighted by Gasteiger charge is -2.19. The van der Waals surface area contributed by atoms with Crippen LogP contribution in [-0.4, -0.2) is 7.11 Å². The molecule has 1 nitrogen and oxygen atoms in total. The molecule has 0 saturated carbocycles. The van der Waals surface area contributed by atoms with Gasteiger partial charge < -0.3 is 4.74 Å². The van der Waals surface area contributed by atoms with Crippen molar-refractivity contribution in [2.45, 2.75) is 33.1 Å². The summed E-state index contributed by atoms with van der Waals surface area (Å²) in [5, 5.41) is 0. The van der Waals surface area contributed by atoms with Crippen LogP contribution >= 0.6 is 0 Å². The second-order valence-corrected chi connectivity index (χ2v) is 4.03. The van der Waals surface area contributed by atoms with Crippen LogP contribution in [-0.2, 0) is 0 Å². The molecule has 78 valence electrons. The van der Waals surface area contributed by atoms with Gasteiger partial charge in [0, 0.05) is 0 Å². The molecule has 1 rings (SSSR count). The molecule has 0 heterocycles. The van der Waals surface area contributed by atoms with E-state index in [4.69, 9.17) is 4.74 Å². The zero-order valence-corrected chi connectivity index (χ0v) is 9.58. The molecule has 0 unspecified atom stereocenters. The standard InChI is InChI=1S/C13H20O/c1-5-13(10(2)3)11-6-8-12(14-4)9-7-11/h6-10,13H,5H2,1-4H3/t13-/m1/s1. The van der Waals surface area contributed by atoms with Gasteiger partial charge in [0.25, 0.3) is 0 Å². The van der Waals surface area contributed by atoms with E-state index >= 15 is 0 Å². The van der Waals surface area contributed by atoms with E-state index in [1.165, 1.54) is 12.0 Å². The molecule has 1 aromatic rings. The predicted octanol–water partition coefficient (Wildman–Crippen LogP) is 3.84. The summed E-state index contributed by atoms with van der Waals surface area (Å²) in [6.07, 6.45) is 1.20. The quantitative estimate of drug-likeness (QED) is 0.704. The first-order chi connectivity index (χ1) is 6.69. The van der Waals surface area contributed by atoms with Gasteiger partial charge in [-0.2, -0.15) is 0 Å². The van der Waals surface area contributed by atoms with Crippen LogP contribution < -0.4 is 4.74 Å². The van der Waals surface area contributed by atoms with Gasteiger partial charge in [-0.1, -0.05) is 32.9 Å². The maximum absolute atomic E-state index is 5.14. The summed E-state index contributed by atoms with van der Waals surface area (Å²) >= 11 is 0. The number of methoxy groups -OCH3 is 1. The van der Waals surface area contributed by atoms with Crippen LogP contribution in [0, 0.1) is 5.92 Å². The summed E-state index contributed by atoms with van der Waals surface area (Å²) in [6, 6.07) is 8.43. The van der Waals surface area contributed by atoms with Gasteiger partial charge in [-0.05, 0) is 36.0 Å². The Morgan fingerprint density at radius 3 is 2.07 bits per heavy atom. The van der Waals surface area contributed by atoms with Gasteiger partial charge in [-0.3, -0.25) is 0 Å². The van der Waals surface area contributed by atoms with E-state index in [0.29, 0.717) is 11.8 Å². The zero-order valence-electron chi connectivity index (χ0n) is 9.58. The van der Waals surface area contributed by atoms with E-state index in [1.807, 2.05) is 12.1 Å². The molecule has 0 saturated heterocycles. The van der Waals surface area contributed by atoms with Crippen molar-refractivity contribution in [2.24, 2.45) is 5.92 Å². The minimum Gasteiger partial charge on any atom is -0.497 e. The lowest BCUT2D eigenvalue weighted by molar-refractivity contribution is 0.414. The first-order valence-electron chi connectivity index (χ1n) is 5.33. The van der Waals surface area contributed by atoms with Gasteiger partial charge >= 0.3 is 0 Å². The average Bonchev–Trinajstić information content (AvgIpc) is 2.19. The Hall–Kier alpha value is -0.980. The van der Waals surface area contributed by atoms with Crippen molar-refractivity contribution < 1.29 is 4.74 Å². The second kappa shape index (κ2) is 5.04. The molecule has 0 bridgehead atoms. The Labute approximate surface area is 87.1 Å². The number of hydrogen-bond donors (Lipinski definition) is 0. The molecule has 0 aliphatic rings. The summed E-state index contributed by atoms with van der Waals surface area (Å²) in [5.41, 5.74) is 1.42. The fraction of sp³-hybridized carbons (Fsp3) is 0.538. The van der Waals surface area contributed by atoms with Gasteiger partial charge in [0.05, 0.1) is 7.11 Å². The minimum atomic E-state index is 0.668. The number of benzene rings is 1. The van der Waals surface area contributed by atoms with Crippen molar-refractivity contribution >= 4 is 0 Å². The zero-order chi connectivity index (χ0) is 10.6. The second-order valence-electron chi connectivity index (χ2n) is 4.03. The fourth-order valence-corrected chi connectivity index (χ4v) is 1.94. The van der Waals surface area contributed by atoms with Crippen LogP contribution in [0.2, 0.25) is 0 Å². The summed E-state index contributed by atoms with van der Waals surface area (Å²) < 4.78 is 5.14. The lowest BCUT2D eigenvalue weighted by atomic mass is 9.86. The number of rotatable bonds is 4. The molecule has 0 aromatic heterocycles. The lowest BCUT2D eigenvalue weighted by Crippen LogP contribution is -2.05. The van der Waals surface area contributed by atoms with Gasteiger partial charge in [0.15, 0.2) is 0 Å². The van der Waals surface area contributed by atoms with Crippen LogP contribution in [0.4, 0.5) is 0 Å². The summed E-state index contributed by atoms with van der Waals surface area (Å²) in [5.74, 6) is 2.31.